The van der Waals surface area contributed by atoms with E-state index in [1.807, 2.05) is 6.07 Å². The van der Waals surface area contributed by atoms with Gasteiger partial charge in [0.25, 0.3) is 0 Å². The molecule has 0 spiro atoms. The lowest BCUT2D eigenvalue weighted by Gasteiger charge is -2.32. The Morgan fingerprint density at radius 3 is 2.54 bits per heavy atom. The van der Waals surface area contributed by atoms with Crippen molar-refractivity contribution in [3.8, 4) is 6.07 Å². The molecule has 0 aliphatic carbocycles. The molecule has 0 unspecified atom stereocenters. The van der Waals surface area contributed by atoms with Gasteiger partial charge in [0.15, 0.2) is 0 Å². The van der Waals surface area contributed by atoms with Gasteiger partial charge in [-0.15, -0.1) is 11.3 Å². The summed E-state index contributed by atoms with van der Waals surface area (Å²) in [4.78, 5) is 11.7. The number of fused-ring (bicyclic) bond motifs is 2. The number of hydrogen-bond donors (Lipinski definition) is 1. The molecule has 4 aromatic rings. The number of alkyl halides is 3. The van der Waals surface area contributed by atoms with Crippen LogP contribution in [0.4, 0.5) is 19.0 Å². The Morgan fingerprint density at radius 2 is 1.85 bits per heavy atom. The largest absolute Gasteiger partial charge is 0.393 e. The summed E-state index contributed by atoms with van der Waals surface area (Å²) in [5.74, 6) is 0.983. The van der Waals surface area contributed by atoms with Crippen molar-refractivity contribution in [2.45, 2.75) is 63.8 Å². The topological polar surface area (TPSA) is 107 Å². The molecule has 2 saturated heterocycles. The fourth-order valence-electron chi connectivity index (χ4n) is 6.61. The number of sulfonamides is 1. The normalized spacial score (nSPS) is 17.9. The van der Waals surface area contributed by atoms with E-state index in [9.17, 15) is 26.9 Å². The van der Waals surface area contributed by atoms with Gasteiger partial charge in [0.05, 0.1) is 11.8 Å². The van der Waals surface area contributed by atoms with E-state index in [1.165, 1.54) is 16.2 Å². The van der Waals surface area contributed by atoms with Gasteiger partial charge >= 0.3 is 6.18 Å². The highest BCUT2D eigenvalue weighted by Crippen LogP contribution is 2.33. The Balaban J connectivity index is 1.03. The Labute approximate surface area is 270 Å². The molecule has 3 aromatic heterocycles. The smallest absolute Gasteiger partial charge is 0.367 e. The minimum absolute atomic E-state index is 0.161. The molecule has 2 aliphatic rings. The molecule has 0 atom stereocenters. The molecule has 1 aromatic carbocycles. The predicted octanol–water partition coefficient (Wildman–Crippen LogP) is 6.27. The molecule has 2 aliphatic heterocycles. The van der Waals surface area contributed by atoms with Crippen LogP contribution in [-0.4, -0.2) is 70.6 Å². The van der Waals surface area contributed by atoms with E-state index in [4.69, 9.17) is 0 Å². The Hall–Kier alpha value is -3.51. The second kappa shape index (κ2) is 13.3. The number of nitriles is 1. The van der Waals surface area contributed by atoms with Crippen LogP contribution in [0.25, 0.3) is 21.1 Å². The summed E-state index contributed by atoms with van der Waals surface area (Å²) in [6, 6.07) is 12.4. The van der Waals surface area contributed by atoms with Crippen LogP contribution in [0.3, 0.4) is 0 Å². The van der Waals surface area contributed by atoms with Gasteiger partial charge in [0.1, 0.15) is 28.7 Å². The van der Waals surface area contributed by atoms with Crippen LogP contribution in [0.2, 0.25) is 0 Å². The molecular formula is C32H36F3N7O2S2. The first-order valence-corrected chi connectivity index (χ1v) is 17.8. The van der Waals surface area contributed by atoms with E-state index in [2.05, 4.69) is 55.6 Å². The standard InChI is InChI=1S/C32H36F3N7O2S2/c1-2-46(43,44)41-12-5-22(6-13-41)7-14-42-26(19-36)16-24-15-23(3-4-29(24)42)20-40-10-8-25(9-11-40)39-30-28-17-27(18-32(33,34)35)45-31(28)38-21-37-30/h2-4,15-17,21-22,25H,1,5-14,18,20H2,(H,37,38,39). The number of nitrogens with one attached hydrogen (secondary N) is 1. The van der Waals surface area contributed by atoms with Crippen molar-refractivity contribution in [2.24, 2.45) is 5.92 Å². The van der Waals surface area contributed by atoms with Gasteiger partial charge in [-0.05, 0) is 67.9 Å². The molecule has 244 valence electrons. The zero-order chi connectivity index (χ0) is 32.5. The molecule has 0 radical (unpaired) electrons. The molecular weight excluding hydrogens is 636 g/mol. The van der Waals surface area contributed by atoms with Crippen molar-refractivity contribution < 1.29 is 21.6 Å². The highest BCUT2D eigenvalue weighted by Gasteiger charge is 2.30. The van der Waals surface area contributed by atoms with Gasteiger partial charge < -0.3 is 9.88 Å². The number of anilines is 1. The fourth-order valence-corrected chi connectivity index (χ4v) is 8.57. The first-order valence-electron chi connectivity index (χ1n) is 15.5. The number of benzene rings is 1. The molecule has 14 heteroatoms. The zero-order valence-electron chi connectivity index (χ0n) is 25.3. The average Bonchev–Trinajstić information content (AvgIpc) is 3.60. The minimum atomic E-state index is -4.26. The van der Waals surface area contributed by atoms with Crippen LogP contribution in [-0.2, 0) is 29.5 Å². The second-order valence-corrected chi connectivity index (χ2v) is 15.2. The number of halogens is 3. The number of hydrogen-bond acceptors (Lipinski definition) is 8. The molecule has 6 rings (SSSR count). The monoisotopic (exact) mass is 671 g/mol. The maximum atomic E-state index is 12.9. The third-order valence-electron chi connectivity index (χ3n) is 9.07. The lowest BCUT2D eigenvalue weighted by Crippen LogP contribution is -2.38. The molecule has 1 N–H and O–H groups in total. The van der Waals surface area contributed by atoms with Gasteiger partial charge in [-0.25, -0.2) is 18.4 Å². The van der Waals surface area contributed by atoms with Crippen LogP contribution in [0.5, 0.6) is 0 Å². The van der Waals surface area contributed by atoms with E-state index in [0.717, 1.165) is 79.4 Å². The second-order valence-electron chi connectivity index (χ2n) is 12.2. The van der Waals surface area contributed by atoms with E-state index >= 15 is 0 Å². The highest BCUT2D eigenvalue weighted by atomic mass is 32.2. The van der Waals surface area contributed by atoms with Crippen LogP contribution >= 0.6 is 11.3 Å². The number of likely N-dealkylation sites (tertiary alicyclic amines) is 1. The van der Waals surface area contributed by atoms with E-state index in [0.29, 0.717) is 47.3 Å². The molecule has 0 bridgehead atoms. The quantitative estimate of drug-likeness (QED) is 0.212. The van der Waals surface area contributed by atoms with Crippen molar-refractivity contribution >= 4 is 48.3 Å². The molecule has 5 heterocycles. The van der Waals surface area contributed by atoms with E-state index in [1.54, 1.807) is 6.07 Å². The summed E-state index contributed by atoms with van der Waals surface area (Å²) in [6.07, 6.45) is 0.397. The third-order valence-corrected chi connectivity index (χ3v) is 11.6. The summed E-state index contributed by atoms with van der Waals surface area (Å²) in [6.45, 7) is 7.64. The van der Waals surface area contributed by atoms with Gasteiger partial charge in [-0.3, -0.25) is 4.90 Å². The average molecular weight is 672 g/mol. The van der Waals surface area contributed by atoms with Gasteiger partial charge in [0.2, 0.25) is 10.0 Å². The van der Waals surface area contributed by atoms with Crippen molar-refractivity contribution in [3.05, 3.63) is 64.8 Å². The first kappa shape index (κ1) is 32.4. The van der Waals surface area contributed by atoms with Crippen LogP contribution in [0, 0.1) is 17.2 Å². The molecule has 46 heavy (non-hydrogen) atoms. The van der Waals surface area contributed by atoms with Gasteiger partial charge in [-0.2, -0.15) is 22.7 Å². The van der Waals surface area contributed by atoms with Crippen LogP contribution < -0.4 is 5.32 Å². The number of thiophene rings is 1. The van der Waals surface area contributed by atoms with Crippen molar-refractivity contribution in [1.29, 1.82) is 5.26 Å². The van der Waals surface area contributed by atoms with Crippen LogP contribution in [0.15, 0.2) is 48.6 Å². The predicted molar refractivity (Wildman–Crippen MR) is 174 cm³/mol. The fraction of sp³-hybridized carbons (Fsp3) is 0.469. The lowest BCUT2D eigenvalue weighted by molar-refractivity contribution is -0.126. The minimum Gasteiger partial charge on any atom is -0.367 e. The van der Waals surface area contributed by atoms with Gasteiger partial charge in [-0.1, -0.05) is 12.6 Å². The molecule has 0 amide bonds. The molecule has 0 saturated carbocycles. The van der Waals surface area contributed by atoms with Crippen molar-refractivity contribution in [1.82, 2.24) is 23.7 Å². The maximum absolute atomic E-state index is 12.9. The SMILES string of the molecule is C=CS(=O)(=O)N1CCC(CCn2c(C#N)cc3cc(CN4CCC(Nc5ncnc6sc(CC(F)(F)F)cc56)CC4)ccc32)CC1. The Morgan fingerprint density at radius 1 is 1.09 bits per heavy atom. The first-order chi connectivity index (χ1) is 22.0. The lowest BCUT2D eigenvalue weighted by atomic mass is 9.94. The maximum Gasteiger partial charge on any atom is 0.393 e. The number of aromatic nitrogens is 3. The number of aryl methyl sites for hydroxylation is 1. The Kier molecular flexibility index (Phi) is 9.38. The Bertz CT molecular complexity index is 1860. The molecule has 2 fully saturated rings. The highest BCUT2D eigenvalue weighted by molar-refractivity contribution is 7.92. The number of rotatable bonds is 10. The van der Waals surface area contributed by atoms with E-state index < -0.39 is 22.6 Å². The van der Waals surface area contributed by atoms with E-state index in [-0.39, 0.29) is 10.9 Å². The third kappa shape index (κ3) is 7.38. The summed E-state index contributed by atoms with van der Waals surface area (Å²) < 4.78 is 66.4. The zero-order valence-corrected chi connectivity index (χ0v) is 27.0. The summed E-state index contributed by atoms with van der Waals surface area (Å²) in [7, 11) is -3.38. The van der Waals surface area contributed by atoms with Gasteiger partial charge in [0, 0.05) is 66.5 Å². The summed E-state index contributed by atoms with van der Waals surface area (Å²) >= 11 is 1.06. The number of piperidine rings is 2. The summed E-state index contributed by atoms with van der Waals surface area (Å²) in [5.41, 5.74) is 2.82. The van der Waals surface area contributed by atoms with Crippen molar-refractivity contribution in [2.75, 3.05) is 31.5 Å². The number of nitrogens with zero attached hydrogens (tertiary/aromatic N) is 6. The van der Waals surface area contributed by atoms with Crippen LogP contribution in [0.1, 0.15) is 48.2 Å². The van der Waals surface area contributed by atoms with Crippen molar-refractivity contribution in [3.63, 3.8) is 0 Å². The summed E-state index contributed by atoms with van der Waals surface area (Å²) in [5, 5.41) is 16.0. The molecule has 9 nitrogen and oxygen atoms in total.